The summed E-state index contributed by atoms with van der Waals surface area (Å²) in [6.07, 6.45) is -0.551. The molecule has 0 saturated heterocycles. The molecule has 0 bridgehead atoms. The first-order chi connectivity index (χ1) is 17.3. The van der Waals surface area contributed by atoms with Crippen LogP contribution in [0.3, 0.4) is 0 Å². The number of hydrogen-bond donors (Lipinski definition) is 4. The van der Waals surface area contributed by atoms with Gasteiger partial charge in [-0.2, -0.15) is 0 Å². The summed E-state index contributed by atoms with van der Waals surface area (Å²) in [4.78, 5) is 25.8. The second kappa shape index (κ2) is 15.7. The van der Waals surface area contributed by atoms with Crippen LogP contribution < -0.4 is 0 Å². The Bertz CT molecular complexity index is 825. The molecule has 36 heavy (non-hydrogen) atoms. The second-order valence-corrected chi connectivity index (χ2v) is 9.63. The van der Waals surface area contributed by atoms with E-state index in [9.17, 15) is 30.0 Å². The van der Waals surface area contributed by atoms with Gasteiger partial charge in [0, 0.05) is 11.8 Å². The van der Waals surface area contributed by atoms with E-state index in [0.29, 0.717) is 12.8 Å². The summed E-state index contributed by atoms with van der Waals surface area (Å²) in [7, 11) is 0. The topological polar surface area (TPSA) is 115 Å². The van der Waals surface area contributed by atoms with E-state index >= 15 is 0 Å². The summed E-state index contributed by atoms with van der Waals surface area (Å²) in [5.74, 6) is -3.66. The highest BCUT2D eigenvalue weighted by Gasteiger charge is 2.41. The number of carbonyl (C=O) groups is 2. The fourth-order valence-electron chi connectivity index (χ4n) is 4.74. The first-order valence-corrected chi connectivity index (χ1v) is 13.2. The number of rotatable bonds is 17. The highest BCUT2D eigenvalue weighted by Crippen LogP contribution is 2.30. The third-order valence-electron chi connectivity index (χ3n) is 6.94. The molecule has 198 valence electrons. The molecule has 0 aromatic heterocycles. The van der Waals surface area contributed by atoms with Crippen molar-refractivity contribution in [2.75, 3.05) is 0 Å². The van der Waals surface area contributed by atoms with Crippen molar-refractivity contribution in [2.24, 2.45) is 0 Å². The standard InChI is InChI=1S/C30H42O6/c1-3-5-9-19-23(21-15-11-7-12-16-21)25(31)27(33)29(35)30(36)28(34)26(32)24(20-10-6-4-2)22-17-13-8-14-18-22/h7-8,11-18,23-28,31-34H,3-6,9-10,19-20H2,1-2H3/t23?,24?,25?,26?,27-,28+. The van der Waals surface area contributed by atoms with Gasteiger partial charge in [0.1, 0.15) is 12.2 Å². The molecule has 0 aliphatic heterocycles. The van der Waals surface area contributed by atoms with Crippen LogP contribution in [0.2, 0.25) is 0 Å². The van der Waals surface area contributed by atoms with E-state index in [1.54, 1.807) is 0 Å². The fraction of sp³-hybridized carbons (Fsp3) is 0.533. The number of ketones is 2. The lowest BCUT2D eigenvalue weighted by Crippen LogP contribution is -2.48. The smallest absolute Gasteiger partial charge is 0.232 e. The van der Waals surface area contributed by atoms with Crippen molar-refractivity contribution < 1.29 is 30.0 Å². The van der Waals surface area contributed by atoms with E-state index in [4.69, 9.17) is 0 Å². The largest absolute Gasteiger partial charge is 0.389 e. The molecule has 0 amide bonds. The van der Waals surface area contributed by atoms with Crippen molar-refractivity contribution in [1.82, 2.24) is 0 Å². The molecule has 0 saturated carbocycles. The fourth-order valence-corrected chi connectivity index (χ4v) is 4.74. The zero-order valence-corrected chi connectivity index (χ0v) is 21.5. The van der Waals surface area contributed by atoms with E-state index in [0.717, 1.165) is 49.7 Å². The van der Waals surface area contributed by atoms with Gasteiger partial charge in [0.15, 0.2) is 0 Å². The van der Waals surface area contributed by atoms with Crippen LogP contribution in [0.1, 0.15) is 88.2 Å². The van der Waals surface area contributed by atoms with Crippen molar-refractivity contribution in [2.45, 2.75) is 101 Å². The van der Waals surface area contributed by atoms with Gasteiger partial charge in [0.25, 0.3) is 0 Å². The van der Waals surface area contributed by atoms with Gasteiger partial charge >= 0.3 is 0 Å². The van der Waals surface area contributed by atoms with Crippen molar-refractivity contribution in [1.29, 1.82) is 0 Å². The Kier molecular flexibility index (Phi) is 13.0. The average molecular weight is 499 g/mol. The average Bonchev–Trinajstić information content (AvgIpc) is 2.92. The van der Waals surface area contributed by atoms with Crippen molar-refractivity contribution >= 4 is 11.6 Å². The van der Waals surface area contributed by atoms with Gasteiger partial charge in [-0.1, -0.05) is 113 Å². The highest BCUT2D eigenvalue weighted by atomic mass is 16.3. The van der Waals surface area contributed by atoms with E-state index in [2.05, 4.69) is 13.8 Å². The maximum atomic E-state index is 12.9. The van der Waals surface area contributed by atoms with E-state index in [1.807, 2.05) is 60.7 Å². The highest BCUT2D eigenvalue weighted by molar-refractivity contribution is 6.40. The Hall–Kier alpha value is -2.38. The molecule has 0 aliphatic carbocycles. The lowest BCUT2D eigenvalue weighted by molar-refractivity contribution is -0.153. The second-order valence-electron chi connectivity index (χ2n) is 9.63. The molecule has 4 N–H and O–H groups in total. The van der Waals surface area contributed by atoms with Crippen molar-refractivity contribution in [3.63, 3.8) is 0 Å². The molecule has 2 rings (SSSR count). The molecule has 0 aliphatic rings. The molecule has 0 heterocycles. The van der Waals surface area contributed by atoms with Crippen LogP contribution in [0.15, 0.2) is 60.7 Å². The maximum absolute atomic E-state index is 12.9. The molecular weight excluding hydrogens is 456 g/mol. The zero-order chi connectivity index (χ0) is 26.5. The van der Waals surface area contributed by atoms with Gasteiger partial charge in [-0.3, -0.25) is 9.59 Å². The van der Waals surface area contributed by atoms with Gasteiger partial charge in [-0.25, -0.2) is 0 Å². The molecule has 6 heteroatoms. The summed E-state index contributed by atoms with van der Waals surface area (Å²) in [5.41, 5.74) is 1.53. The van der Waals surface area contributed by atoms with E-state index < -0.39 is 47.8 Å². The molecule has 0 spiro atoms. The van der Waals surface area contributed by atoms with E-state index in [-0.39, 0.29) is 0 Å². The minimum atomic E-state index is -2.00. The summed E-state index contributed by atoms with van der Waals surface area (Å²) in [5, 5.41) is 43.2. The number of unbranched alkanes of at least 4 members (excludes halogenated alkanes) is 4. The molecule has 6 atom stereocenters. The number of hydrogen-bond acceptors (Lipinski definition) is 6. The molecule has 2 aromatic carbocycles. The van der Waals surface area contributed by atoms with Crippen molar-refractivity contribution in [3.8, 4) is 0 Å². The predicted molar refractivity (Wildman–Crippen MR) is 141 cm³/mol. The number of Topliss-reactive ketones (excluding diaryl/α,β-unsaturated/α-hetero) is 2. The summed E-state index contributed by atoms with van der Waals surface area (Å²) in [6.45, 7) is 4.12. The van der Waals surface area contributed by atoms with Crippen LogP contribution in [-0.4, -0.2) is 56.4 Å². The predicted octanol–water partition coefficient (Wildman–Crippen LogP) is 4.30. The number of carbonyl (C=O) groups excluding carboxylic acids is 2. The van der Waals surface area contributed by atoms with Gasteiger partial charge in [0.05, 0.1) is 12.2 Å². The minimum absolute atomic E-state index is 0.538. The van der Waals surface area contributed by atoms with Crippen LogP contribution in [0, 0.1) is 0 Å². The minimum Gasteiger partial charge on any atom is -0.389 e. The van der Waals surface area contributed by atoms with E-state index in [1.165, 1.54) is 0 Å². The Morgan fingerprint density at radius 2 is 0.917 bits per heavy atom. The van der Waals surface area contributed by atoms with Gasteiger partial charge in [-0.15, -0.1) is 0 Å². The third kappa shape index (κ3) is 8.34. The molecule has 0 fully saturated rings. The van der Waals surface area contributed by atoms with Crippen LogP contribution >= 0.6 is 0 Å². The van der Waals surface area contributed by atoms with Crippen LogP contribution in [0.25, 0.3) is 0 Å². The van der Waals surface area contributed by atoms with Gasteiger partial charge in [0.2, 0.25) is 11.6 Å². The van der Waals surface area contributed by atoms with Crippen molar-refractivity contribution in [3.05, 3.63) is 71.8 Å². The first-order valence-electron chi connectivity index (χ1n) is 13.2. The third-order valence-corrected chi connectivity index (χ3v) is 6.94. The number of aliphatic hydroxyl groups excluding tert-OH is 4. The summed E-state index contributed by atoms with van der Waals surface area (Å²) < 4.78 is 0. The monoisotopic (exact) mass is 498 g/mol. The first kappa shape index (κ1) is 29.8. The Labute approximate surface area is 215 Å². The Morgan fingerprint density at radius 1 is 0.583 bits per heavy atom. The molecule has 6 nitrogen and oxygen atoms in total. The zero-order valence-electron chi connectivity index (χ0n) is 21.5. The van der Waals surface area contributed by atoms with Crippen LogP contribution in [-0.2, 0) is 9.59 Å². The molecule has 0 radical (unpaired) electrons. The SMILES string of the molecule is CCCCCC(c1ccccc1)C(O)[C@H](O)C(=O)C(=O)[C@H](O)C(O)C(CCCCC)c1ccccc1. The van der Waals surface area contributed by atoms with Crippen LogP contribution in [0.4, 0.5) is 0 Å². The summed E-state index contributed by atoms with van der Waals surface area (Å²) >= 11 is 0. The number of benzene rings is 2. The normalized spacial score (nSPS) is 16.5. The molecular formula is C30H42O6. The number of aliphatic hydroxyl groups is 4. The van der Waals surface area contributed by atoms with Gasteiger partial charge < -0.3 is 20.4 Å². The molecule has 2 aromatic rings. The summed E-state index contributed by atoms with van der Waals surface area (Å²) in [6, 6.07) is 18.2. The quantitative estimate of drug-likeness (QED) is 0.191. The molecule has 4 unspecified atom stereocenters. The Balaban J connectivity index is 2.17. The van der Waals surface area contributed by atoms with Crippen LogP contribution in [0.5, 0.6) is 0 Å². The maximum Gasteiger partial charge on any atom is 0.232 e. The lowest BCUT2D eigenvalue weighted by atomic mass is 9.82. The lowest BCUT2D eigenvalue weighted by Gasteiger charge is -2.29. The van der Waals surface area contributed by atoms with Gasteiger partial charge in [-0.05, 0) is 24.0 Å². The Morgan fingerprint density at radius 3 is 1.22 bits per heavy atom.